The van der Waals surface area contributed by atoms with Crippen LogP contribution in [0.3, 0.4) is 0 Å². The van der Waals surface area contributed by atoms with Crippen LogP contribution in [0.25, 0.3) is 10.8 Å². The zero-order chi connectivity index (χ0) is 19.4. The number of hydrogen-bond acceptors (Lipinski definition) is 3. The quantitative estimate of drug-likeness (QED) is 0.343. The third kappa shape index (κ3) is 5.45. The molecule has 0 saturated carbocycles. The van der Waals surface area contributed by atoms with Crippen molar-refractivity contribution < 1.29 is 30.9 Å². The molecule has 2 aromatic carbocycles. The number of Topliss-reactive ketones (excluding diaryl/α,β-unsaturated/α-hetero) is 1. The SMILES string of the molecule is O=C(C[SH]1C=CC=C1)c1ccc2ccccc2c1.O=S(=O)(O)C(F)(F)F. The maximum Gasteiger partial charge on any atom is 0.522 e. The van der Waals surface area contributed by atoms with Crippen molar-refractivity contribution in [2.45, 2.75) is 5.51 Å². The molecule has 1 N–H and O–H groups in total. The average Bonchev–Trinajstić information content (AvgIpc) is 3.06. The molecule has 0 fully saturated rings. The molecule has 0 unspecified atom stereocenters. The van der Waals surface area contributed by atoms with Gasteiger partial charge in [0, 0.05) is 11.3 Å². The van der Waals surface area contributed by atoms with Crippen LogP contribution in [-0.4, -0.2) is 30.0 Å². The Labute approximate surface area is 151 Å². The van der Waals surface area contributed by atoms with Crippen molar-refractivity contribution >= 4 is 37.6 Å². The first-order valence-electron chi connectivity index (χ1n) is 7.24. The Morgan fingerprint density at radius 3 is 2.08 bits per heavy atom. The van der Waals surface area contributed by atoms with Crippen LogP contribution < -0.4 is 0 Å². The Balaban J connectivity index is 0.000000260. The van der Waals surface area contributed by atoms with Gasteiger partial charge >= 0.3 is 15.6 Å². The number of carbonyl (C=O) groups excluding carboxylic acids is 1. The van der Waals surface area contributed by atoms with Crippen molar-refractivity contribution in [3.63, 3.8) is 0 Å². The summed E-state index contributed by atoms with van der Waals surface area (Å²) in [7, 11) is -6.20. The average molecular weight is 404 g/mol. The fourth-order valence-electron chi connectivity index (χ4n) is 2.10. The number of rotatable bonds is 3. The molecule has 1 heterocycles. The first-order chi connectivity index (χ1) is 12.1. The van der Waals surface area contributed by atoms with E-state index in [0.717, 1.165) is 10.9 Å². The molecule has 3 rings (SSSR count). The molecule has 2 aromatic rings. The molecule has 1 aliphatic heterocycles. The predicted octanol–water partition coefficient (Wildman–Crippen LogP) is 4.46. The summed E-state index contributed by atoms with van der Waals surface area (Å²) in [5.74, 6) is 0.865. The summed E-state index contributed by atoms with van der Waals surface area (Å²) in [6.07, 6.45) is 4.05. The molecule has 4 nitrogen and oxygen atoms in total. The van der Waals surface area contributed by atoms with E-state index in [1.165, 1.54) is 5.39 Å². The second kappa shape index (κ2) is 8.07. The highest BCUT2D eigenvalue weighted by Crippen LogP contribution is 2.33. The third-order valence-corrected chi connectivity index (χ3v) is 5.70. The molecule has 26 heavy (non-hydrogen) atoms. The molecule has 0 radical (unpaired) electrons. The number of carbonyl (C=O) groups is 1. The molecule has 0 aliphatic carbocycles. The molecule has 1 aliphatic rings. The molecule has 0 saturated heterocycles. The summed E-state index contributed by atoms with van der Waals surface area (Å²) in [5, 5.41) is 6.58. The highest BCUT2D eigenvalue weighted by molar-refractivity contribution is 8.22. The standard InChI is InChI=1S/C16H14OS.CHF3O3S/c17-16(12-18-9-3-4-10-18)15-8-7-13-5-1-2-6-14(13)11-15;2-1(3,4)8(5,6)7/h1-11,18H,12H2;(H,5,6,7). The largest absolute Gasteiger partial charge is 0.522 e. The van der Waals surface area contributed by atoms with E-state index < -0.39 is 15.6 Å². The molecular weight excluding hydrogens is 389 g/mol. The van der Waals surface area contributed by atoms with Crippen LogP contribution in [-0.2, 0) is 10.1 Å². The fraction of sp³-hybridized carbons (Fsp3) is 0.118. The Morgan fingerprint density at radius 1 is 1.00 bits per heavy atom. The van der Waals surface area contributed by atoms with Crippen LogP contribution >= 0.6 is 10.9 Å². The van der Waals surface area contributed by atoms with E-state index in [0.29, 0.717) is 5.75 Å². The van der Waals surface area contributed by atoms with Crippen molar-refractivity contribution in [1.29, 1.82) is 0 Å². The minimum absolute atomic E-state index is 0.239. The van der Waals surface area contributed by atoms with E-state index in [9.17, 15) is 18.0 Å². The Bertz CT molecular complexity index is 951. The molecule has 9 heteroatoms. The Hall–Kier alpha value is -2.10. The van der Waals surface area contributed by atoms with Gasteiger partial charge in [-0.15, -0.1) is 0 Å². The highest BCUT2D eigenvalue weighted by atomic mass is 32.2. The highest BCUT2D eigenvalue weighted by Gasteiger charge is 2.44. The van der Waals surface area contributed by atoms with E-state index >= 15 is 0 Å². The van der Waals surface area contributed by atoms with Crippen LogP contribution in [0.5, 0.6) is 0 Å². The monoisotopic (exact) mass is 404 g/mol. The lowest BCUT2D eigenvalue weighted by atomic mass is 10.1. The van der Waals surface area contributed by atoms with Crippen molar-refractivity contribution in [1.82, 2.24) is 0 Å². The summed E-state index contributed by atoms with van der Waals surface area (Å²) in [4.78, 5) is 12.2. The summed E-state index contributed by atoms with van der Waals surface area (Å²) in [6, 6.07) is 14.1. The van der Waals surface area contributed by atoms with Crippen molar-refractivity contribution in [2.75, 3.05) is 5.75 Å². The van der Waals surface area contributed by atoms with E-state index in [1.807, 2.05) is 48.6 Å². The summed E-state index contributed by atoms with van der Waals surface area (Å²) in [5.41, 5.74) is -4.71. The zero-order valence-electron chi connectivity index (χ0n) is 13.2. The Kier molecular flexibility index (Phi) is 6.27. The molecular formula is C17H15F3O4S2. The minimum atomic E-state index is -5.84. The smallest absolute Gasteiger partial charge is 0.293 e. The molecule has 0 bridgehead atoms. The summed E-state index contributed by atoms with van der Waals surface area (Å²) in [6.45, 7) is 0. The number of hydrogen-bond donors (Lipinski definition) is 2. The van der Waals surface area contributed by atoms with Gasteiger partial charge in [-0.1, -0.05) is 48.6 Å². The van der Waals surface area contributed by atoms with Crippen LogP contribution in [0.15, 0.2) is 65.4 Å². The summed E-state index contributed by atoms with van der Waals surface area (Å²) >= 11 is 0. The van der Waals surface area contributed by atoms with Gasteiger partial charge in [0.25, 0.3) is 0 Å². The number of benzene rings is 2. The number of alkyl halides is 3. The number of ketones is 1. The van der Waals surface area contributed by atoms with Crippen molar-refractivity contribution in [3.05, 3.63) is 71.0 Å². The van der Waals surface area contributed by atoms with Crippen molar-refractivity contribution in [2.24, 2.45) is 0 Å². The first-order valence-corrected chi connectivity index (χ1v) is 10.3. The maximum atomic E-state index is 12.2. The van der Waals surface area contributed by atoms with E-state index in [4.69, 9.17) is 13.0 Å². The zero-order valence-corrected chi connectivity index (χ0v) is 14.9. The lowest BCUT2D eigenvalue weighted by Gasteiger charge is -2.09. The summed E-state index contributed by atoms with van der Waals surface area (Å²) < 4.78 is 57.5. The van der Waals surface area contributed by atoms with Crippen molar-refractivity contribution in [3.8, 4) is 0 Å². The lowest BCUT2D eigenvalue weighted by Crippen LogP contribution is -2.21. The van der Waals surface area contributed by atoms with E-state index in [-0.39, 0.29) is 16.7 Å². The van der Waals surface area contributed by atoms with Gasteiger partial charge in [0.1, 0.15) is 0 Å². The van der Waals surface area contributed by atoms with E-state index in [1.54, 1.807) is 0 Å². The number of halogens is 3. The normalized spacial score (nSPS) is 15.0. The van der Waals surface area contributed by atoms with Crippen LogP contribution in [0.2, 0.25) is 0 Å². The van der Waals surface area contributed by atoms with Gasteiger partial charge < -0.3 is 0 Å². The fourth-order valence-corrected chi connectivity index (χ4v) is 3.56. The molecule has 0 aromatic heterocycles. The van der Waals surface area contributed by atoms with Crippen LogP contribution in [0, 0.1) is 0 Å². The van der Waals surface area contributed by atoms with Gasteiger partial charge in [0.15, 0.2) is 5.78 Å². The number of thiol groups is 1. The third-order valence-electron chi connectivity index (χ3n) is 3.36. The van der Waals surface area contributed by atoms with Gasteiger partial charge in [-0.2, -0.15) is 21.6 Å². The van der Waals surface area contributed by atoms with Crippen LogP contribution in [0.1, 0.15) is 10.4 Å². The second-order valence-electron chi connectivity index (χ2n) is 5.26. The topological polar surface area (TPSA) is 71.4 Å². The van der Waals surface area contributed by atoms with Crippen LogP contribution in [0.4, 0.5) is 13.2 Å². The molecule has 0 spiro atoms. The van der Waals surface area contributed by atoms with Gasteiger partial charge in [-0.25, -0.2) is 10.9 Å². The molecule has 140 valence electrons. The number of allylic oxidation sites excluding steroid dienone is 2. The maximum absolute atomic E-state index is 12.2. The van der Waals surface area contributed by atoms with Gasteiger partial charge in [-0.3, -0.25) is 9.35 Å². The van der Waals surface area contributed by atoms with Gasteiger partial charge in [0.05, 0.1) is 0 Å². The number of fused-ring (bicyclic) bond motifs is 1. The lowest BCUT2D eigenvalue weighted by molar-refractivity contribution is -0.0510. The predicted molar refractivity (Wildman–Crippen MR) is 98.0 cm³/mol. The second-order valence-corrected chi connectivity index (χ2v) is 8.62. The minimum Gasteiger partial charge on any atom is -0.293 e. The Morgan fingerprint density at radius 2 is 1.54 bits per heavy atom. The van der Waals surface area contributed by atoms with Gasteiger partial charge in [0.2, 0.25) is 0 Å². The molecule has 0 amide bonds. The molecule has 0 atom stereocenters. The first kappa shape index (κ1) is 20.2. The van der Waals surface area contributed by atoms with E-state index in [2.05, 4.69) is 16.9 Å². The van der Waals surface area contributed by atoms with Gasteiger partial charge in [-0.05, 0) is 27.7 Å².